The van der Waals surface area contributed by atoms with Crippen LogP contribution in [0.2, 0.25) is 0 Å². The summed E-state index contributed by atoms with van der Waals surface area (Å²) in [6.45, 7) is 4.45. The minimum atomic E-state index is 0.590. The zero-order valence-electron chi connectivity index (χ0n) is 9.93. The summed E-state index contributed by atoms with van der Waals surface area (Å²) in [5.41, 5.74) is 4.70. The van der Waals surface area contributed by atoms with Crippen molar-refractivity contribution >= 4 is 22.7 Å². The van der Waals surface area contributed by atoms with Gasteiger partial charge in [0.25, 0.3) is 0 Å². The Kier molecular flexibility index (Phi) is 3.27. The Hall–Kier alpha value is -0.710. The van der Waals surface area contributed by atoms with Crippen LogP contribution in [0.1, 0.15) is 35.5 Å². The molecule has 0 aliphatic carbocycles. The van der Waals surface area contributed by atoms with Crippen molar-refractivity contribution in [1.29, 1.82) is 0 Å². The second kappa shape index (κ2) is 4.88. The minimum absolute atomic E-state index is 0.590. The number of thiophene rings is 1. The molecule has 2 nitrogen and oxygen atoms in total. The summed E-state index contributed by atoms with van der Waals surface area (Å²) < 4.78 is 0. The Bertz CT molecular complexity index is 475. The molecular formula is C13H16N2S2. The van der Waals surface area contributed by atoms with Crippen molar-refractivity contribution in [2.24, 2.45) is 0 Å². The van der Waals surface area contributed by atoms with Crippen LogP contribution < -0.4 is 0 Å². The van der Waals surface area contributed by atoms with Gasteiger partial charge in [0.15, 0.2) is 0 Å². The maximum absolute atomic E-state index is 4.40. The van der Waals surface area contributed by atoms with E-state index in [1.807, 2.05) is 16.8 Å². The van der Waals surface area contributed by atoms with E-state index in [1.54, 1.807) is 21.8 Å². The van der Waals surface area contributed by atoms with Crippen LogP contribution in [0.15, 0.2) is 22.3 Å². The fourth-order valence-electron chi connectivity index (χ4n) is 2.64. The van der Waals surface area contributed by atoms with E-state index in [1.165, 1.54) is 25.1 Å². The molecule has 17 heavy (non-hydrogen) atoms. The van der Waals surface area contributed by atoms with Crippen LogP contribution in [0, 0.1) is 0 Å². The van der Waals surface area contributed by atoms with Crippen molar-refractivity contribution in [3.05, 3.63) is 38.5 Å². The molecule has 1 atom stereocenters. The largest absolute Gasteiger partial charge is 0.290 e. The van der Waals surface area contributed by atoms with E-state index in [2.05, 4.69) is 33.6 Å². The standard InChI is InChI=1S/C13H16N2S2/c1-2-12-11-4-6-17-13(11)3-5-15(12)7-10-8-16-9-14-10/h4,6,8-9,12H,2-3,5,7H2,1H3. The van der Waals surface area contributed by atoms with Gasteiger partial charge >= 0.3 is 0 Å². The van der Waals surface area contributed by atoms with Crippen molar-refractivity contribution in [3.63, 3.8) is 0 Å². The molecule has 90 valence electrons. The van der Waals surface area contributed by atoms with Gasteiger partial charge in [-0.2, -0.15) is 0 Å². The van der Waals surface area contributed by atoms with Gasteiger partial charge in [0.2, 0.25) is 0 Å². The first kappa shape index (κ1) is 11.4. The van der Waals surface area contributed by atoms with E-state index >= 15 is 0 Å². The lowest BCUT2D eigenvalue weighted by Gasteiger charge is -2.34. The van der Waals surface area contributed by atoms with Gasteiger partial charge in [-0.1, -0.05) is 6.92 Å². The van der Waals surface area contributed by atoms with E-state index in [4.69, 9.17) is 0 Å². The highest BCUT2D eigenvalue weighted by atomic mass is 32.1. The molecule has 0 saturated heterocycles. The molecule has 0 aromatic carbocycles. The quantitative estimate of drug-likeness (QED) is 0.840. The molecular weight excluding hydrogens is 248 g/mol. The highest BCUT2D eigenvalue weighted by molar-refractivity contribution is 7.10. The number of hydrogen-bond acceptors (Lipinski definition) is 4. The Balaban J connectivity index is 1.82. The highest BCUT2D eigenvalue weighted by Gasteiger charge is 2.26. The predicted molar refractivity (Wildman–Crippen MR) is 73.6 cm³/mol. The fourth-order valence-corrected chi connectivity index (χ4v) is 4.12. The first-order chi connectivity index (χ1) is 8.38. The van der Waals surface area contributed by atoms with Crippen LogP contribution in [0.4, 0.5) is 0 Å². The number of nitrogens with zero attached hydrogens (tertiary/aromatic N) is 2. The summed E-state index contributed by atoms with van der Waals surface area (Å²) in [5.74, 6) is 0. The molecule has 2 aromatic rings. The van der Waals surface area contributed by atoms with E-state index in [-0.39, 0.29) is 0 Å². The lowest BCUT2D eigenvalue weighted by molar-refractivity contribution is 0.171. The third-order valence-electron chi connectivity index (χ3n) is 3.44. The van der Waals surface area contributed by atoms with Gasteiger partial charge < -0.3 is 0 Å². The topological polar surface area (TPSA) is 16.1 Å². The summed E-state index contributed by atoms with van der Waals surface area (Å²) >= 11 is 3.60. The third-order valence-corrected chi connectivity index (χ3v) is 5.07. The van der Waals surface area contributed by atoms with Crippen LogP contribution in [0.3, 0.4) is 0 Å². The molecule has 1 aliphatic rings. The molecule has 2 aromatic heterocycles. The third kappa shape index (κ3) is 2.17. The average molecular weight is 264 g/mol. The summed E-state index contributed by atoms with van der Waals surface area (Å²) in [7, 11) is 0. The van der Waals surface area contributed by atoms with Gasteiger partial charge in [-0.05, 0) is 29.9 Å². The molecule has 3 heterocycles. The molecule has 1 aliphatic heterocycles. The SMILES string of the molecule is CCC1c2ccsc2CCN1Cc1cscn1. The van der Waals surface area contributed by atoms with E-state index in [0.717, 1.165) is 6.54 Å². The first-order valence-corrected chi connectivity index (χ1v) is 7.88. The number of fused-ring (bicyclic) bond motifs is 1. The molecule has 0 N–H and O–H groups in total. The second-order valence-corrected chi connectivity index (χ2v) is 6.14. The van der Waals surface area contributed by atoms with Crippen LogP contribution in [-0.2, 0) is 13.0 Å². The molecule has 0 amide bonds. The maximum atomic E-state index is 4.40. The van der Waals surface area contributed by atoms with Gasteiger partial charge in [-0.25, -0.2) is 4.98 Å². The molecule has 4 heteroatoms. The Morgan fingerprint density at radius 1 is 1.53 bits per heavy atom. The summed E-state index contributed by atoms with van der Waals surface area (Å²) in [4.78, 5) is 8.56. The summed E-state index contributed by atoms with van der Waals surface area (Å²) in [6.07, 6.45) is 2.39. The van der Waals surface area contributed by atoms with Crippen LogP contribution in [0.5, 0.6) is 0 Å². The minimum Gasteiger partial charge on any atom is -0.290 e. The smallest absolute Gasteiger partial charge is 0.0795 e. The summed E-state index contributed by atoms with van der Waals surface area (Å²) in [6, 6.07) is 2.90. The van der Waals surface area contributed by atoms with Crippen molar-refractivity contribution in [3.8, 4) is 0 Å². The van der Waals surface area contributed by atoms with E-state index in [0.29, 0.717) is 6.04 Å². The Morgan fingerprint density at radius 2 is 2.47 bits per heavy atom. The van der Waals surface area contributed by atoms with Crippen molar-refractivity contribution in [2.75, 3.05) is 6.54 Å². The lowest BCUT2D eigenvalue weighted by Crippen LogP contribution is -2.34. The summed E-state index contributed by atoms with van der Waals surface area (Å²) in [5, 5.41) is 4.40. The molecule has 0 spiro atoms. The van der Waals surface area contributed by atoms with Crippen LogP contribution in [-0.4, -0.2) is 16.4 Å². The lowest BCUT2D eigenvalue weighted by atomic mass is 9.98. The molecule has 0 bridgehead atoms. The zero-order chi connectivity index (χ0) is 11.7. The van der Waals surface area contributed by atoms with Crippen LogP contribution >= 0.6 is 22.7 Å². The molecule has 3 rings (SSSR count). The van der Waals surface area contributed by atoms with Gasteiger partial charge in [0.05, 0.1) is 11.2 Å². The number of thiazole rings is 1. The van der Waals surface area contributed by atoms with Gasteiger partial charge in [0, 0.05) is 29.4 Å². The number of rotatable bonds is 3. The second-order valence-electron chi connectivity index (χ2n) is 4.42. The van der Waals surface area contributed by atoms with Gasteiger partial charge in [-0.15, -0.1) is 22.7 Å². The number of hydrogen-bond donors (Lipinski definition) is 0. The Labute approximate surface area is 110 Å². The van der Waals surface area contributed by atoms with Gasteiger partial charge in [-0.3, -0.25) is 4.90 Å². The number of aromatic nitrogens is 1. The molecule has 0 fully saturated rings. The molecule has 1 unspecified atom stereocenters. The highest BCUT2D eigenvalue weighted by Crippen LogP contribution is 2.35. The fraction of sp³-hybridized carbons (Fsp3) is 0.462. The predicted octanol–water partition coefficient (Wildman–Crippen LogP) is 3.71. The molecule has 0 radical (unpaired) electrons. The first-order valence-electron chi connectivity index (χ1n) is 6.06. The normalized spacial score (nSPS) is 20.4. The molecule has 0 saturated carbocycles. The van der Waals surface area contributed by atoms with Crippen molar-refractivity contribution in [1.82, 2.24) is 9.88 Å². The Morgan fingerprint density at radius 3 is 3.24 bits per heavy atom. The van der Waals surface area contributed by atoms with Crippen molar-refractivity contribution < 1.29 is 0 Å². The van der Waals surface area contributed by atoms with Gasteiger partial charge in [0.1, 0.15) is 0 Å². The average Bonchev–Trinajstić information content (AvgIpc) is 2.98. The monoisotopic (exact) mass is 264 g/mol. The van der Waals surface area contributed by atoms with E-state index in [9.17, 15) is 0 Å². The van der Waals surface area contributed by atoms with Crippen molar-refractivity contribution in [2.45, 2.75) is 32.4 Å². The maximum Gasteiger partial charge on any atom is 0.0795 e. The van der Waals surface area contributed by atoms with Crippen LogP contribution in [0.25, 0.3) is 0 Å². The zero-order valence-corrected chi connectivity index (χ0v) is 11.6. The van der Waals surface area contributed by atoms with E-state index < -0.39 is 0 Å².